The number of halogens is 2. The SMILES string of the molecule is CC(C)(Br)C(=O)OCc1cccc(CBr)c1. The molecule has 88 valence electrons. The van der Waals surface area contributed by atoms with Gasteiger partial charge in [0.1, 0.15) is 10.9 Å². The molecule has 0 saturated carbocycles. The second kappa shape index (κ2) is 5.82. The lowest BCUT2D eigenvalue weighted by atomic mass is 10.1. The highest BCUT2D eigenvalue weighted by Crippen LogP contribution is 2.18. The van der Waals surface area contributed by atoms with Gasteiger partial charge >= 0.3 is 5.97 Å². The predicted octanol–water partition coefficient (Wildman–Crippen LogP) is 3.80. The van der Waals surface area contributed by atoms with Gasteiger partial charge in [0, 0.05) is 5.33 Å². The predicted molar refractivity (Wildman–Crippen MR) is 71.9 cm³/mol. The van der Waals surface area contributed by atoms with Gasteiger partial charge in [-0.3, -0.25) is 4.79 Å². The van der Waals surface area contributed by atoms with Crippen LogP contribution in [0.5, 0.6) is 0 Å². The summed E-state index contributed by atoms with van der Waals surface area (Å²) in [6, 6.07) is 7.94. The zero-order valence-corrected chi connectivity index (χ0v) is 12.5. The van der Waals surface area contributed by atoms with Gasteiger partial charge in [-0.15, -0.1) is 0 Å². The number of rotatable bonds is 4. The molecule has 1 aromatic rings. The summed E-state index contributed by atoms with van der Waals surface area (Å²) < 4.78 is 4.57. The molecule has 0 unspecified atom stereocenters. The quantitative estimate of drug-likeness (QED) is 0.610. The van der Waals surface area contributed by atoms with Crippen LogP contribution >= 0.6 is 31.9 Å². The first-order valence-corrected chi connectivity index (χ1v) is 6.85. The summed E-state index contributed by atoms with van der Waals surface area (Å²) in [7, 11) is 0. The highest BCUT2D eigenvalue weighted by Gasteiger charge is 2.25. The van der Waals surface area contributed by atoms with Gasteiger partial charge in [0.05, 0.1) is 0 Å². The molecule has 0 aliphatic carbocycles. The Labute approximate surface area is 113 Å². The fraction of sp³-hybridized carbons (Fsp3) is 0.417. The fourth-order valence-electron chi connectivity index (χ4n) is 1.12. The number of carbonyl (C=O) groups excluding carboxylic acids is 1. The Morgan fingerprint density at radius 2 is 2.00 bits per heavy atom. The van der Waals surface area contributed by atoms with Crippen LogP contribution in [-0.4, -0.2) is 10.3 Å². The van der Waals surface area contributed by atoms with Gasteiger partial charge in [-0.2, -0.15) is 0 Å². The van der Waals surface area contributed by atoms with Crippen LogP contribution in [0.1, 0.15) is 25.0 Å². The summed E-state index contributed by atoms with van der Waals surface area (Å²) in [5.41, 5.74) is 2.17. The molecule has 0 atom stereocenters. The van der Waals surface area contributed by atoms with Crippen molar-refractivity contribution in [1.29, 1.82) is 0 Å². The van der Waals surface area contributed by atoms with Crippen LogP contribution in [0.2, 0.25) is 0 Å². The third kappa shape index (κ3) is 4.26. The lowest BCUT2D eigenvalue weighted by Crippen LogP contribution is -2.26. The van der Waals surface area contributed by atoms with E-state index in [4.69, 9.17) is 4.74 Å². The Bertz CT molecular complexity index is 370. The second-order valence-electron chi connectivity index (χ2n) is 4.00. The van der Waals surface area contributed by atoms with Gasteiger partial charge in [0.25, 0.3) is 0 Å². The van der Waals surface area contributed by atoms with Crippen LogP contribution in [0.15, 0.2) is 24.3 Å². The van der Waals surface area contributed by atoms with Crippen LogP contribution in [-0.2, 0) is 21.5 Å². The lowest BCUT2D eigenvalue weighted by Gasteiger charge is -2.14. The zero-order valence-electron chi connectivity index (χ0n) is 9.30. The van der Waals surface area contributed by atoms with E-state index < -0.39 is 4.32 Å². The standard InChI is InChI=1S/C12H14Br2O2/c1-12(2,14)11(15)16-8-10-5-3-4-9(6-10)7-13/h3-6H,7-8H2,1-2H3. The second-order valence-corrected chi connectivity index (χ2v) is 6.55. The summed E-state index contributed by atoms with van der Waals surface area (Å²) in [6.45, 7) is 3.85. The van der Waals surface area contributed by atoms with E-state index in [0.29, 0.717) is 6.61 Å². The normalized spacial score (nSPS) is 11.2. The third-order valence-corrected chi connectivity index (χ3v) is 2.97. The van der Waals surface area contributed by atoms with Crippen molar-refractivity contribution in [1.82, 2.24) is 0 Å². The largest absolute Gasteiger partial charge is 0.460 e. The molecule has 4 heteroatoms. The van der Waals surface area contributed by atoms with Gasteiger partial charge in [-0.05, 0) is 25.0 Å². The third-order valence-electron chi connectivity index (χ3n) is 2.00. The maximum atomic E-state index is 11.5. The van der Waals surface area contributed by atoms with E-state index in [-0.39, 0.29) is 5.97 Å². The molecule has 0 N–H and O–H groups in total. The van der Waals surface area contributed by atoms with Crippen molar-refractivity contribution in [2.45, 2.75) is 30.1 Å². The number of esters is 1. The van der Waals surface area contributed by atoms with E-state index in [0.717, 1.165) is 10.9 Å². The molecule has 0 heterocycles. The number of ether oxygens (including phenoxy) is 1. The van der Waals surface area contributed by atoms with Crippen LogP contribution in [0.4, 0.5) is 0 Å². The van der Waals surface area contributed by atoms with Crippen molar-refractivity contribution < 1.29 is 9.53 Å². The zero-order chi connectivity index (χ0) is 12.2. The molecular formula is C12H14Br2O2. The molecule has 2 nitrogen and oxygen atoms in total. The minimum atomic E-state index is -0.625. The van der Waals surface area contributed by atoms with Gasteiger partial charge < -0.3 is 4.74 Å². The van der Waals surface area contributed by atoms with Gasteiger partial charge in [0.2, 0.25) is 0 Å². The van der Waals surface area contributed by atoms with Crippen molar-refractivity contribution >= 4 is 37.8 Å². The highest BCUT2D eigenvalue weighted by atomic mass is 79.9. The van der Waals surface area contributed by atoms with Crippen molar-refractivity contribution in [2.75, 3.05) is 0 Å². The number of hydrogen-bond acceptors (Lipinski definition) is 2. The van der Waals surface area contributed by atoms with Gasteiger partial charge in [-0.1, -0.05) is 56.1 Å². The molecule has 0 amide bonds. The summed E-state index contributed by atoms with van der Waals surface area (Å²) in [5.74, 6) is -0.253. The molecular weight excluding hydrogens is 336 g/mol. The summed E-state index contributed by atoms with van der Waals surface area (Å²) in [4.78, 5) is 11.5. The fourth-order valence-corrected chi connectivity index (χ4v) is 1.59. The minimum Gasteiger partial charge on any atom is -0.460 e. The summed E-state index contributed by atoms with van der Waals surface area (Å²) in [6.07, 6.45) is 0. The van der Waals surface area contributed by atoms with Crippen LogP contribution < -0.4 is 0 Å². The first-order valence-electron chi connectivity index (χ1n) is 4.93. The van der Waals surface area contributed by atoms with Gasteiger partial charge in [-0.25, -0.2) is 0 Å². The Hall–Kier alpha value is -0.350. The van der Waals surface area contributed by atoms with Crippen molar-refractivity contribution in [2.24, 2.45) is 0 Å². The maximum Gasteiger partial charge on any atom is 0.322 e. The number of benzene rings is 1. The topological polar surface area (TPSA) is 26.3 Å². The molecule has 0 aliphatic rings. The van der Waals surface area contributed by atoms with E-state index in [1.54, 1.807) is 13.8 Å². The molecule has 0 saturated heterocycles. The van der Waals surface area contributed by atoms with E-state index >= 15 is 0 Å². The average Bonchev–Trinajstić information content (AvgIpc) is 2.25. The van der Waals surface area contributed by atoms with Crippen molar-refractivity contribution in [3.63, 3.8) is 0 Å². The van der Waals surface area contributed by atoms with E-state index in [1.807, 2.05) is 24.3 Å². The first-order chi connectivity index (χ1) is 7.43. The summed E-state index contributed by atoms with van der Waals surface area (Å²) >= 11 is 6.65. The molecule has 1 aromatic carbocycles. The average molecular weight is 350 g/mol. The molecule has 0 fully saturated rings. The molecule has 0 spiro atoms. The first kappa shape index (κ1) is 13.7. The van der Waals surface area contributed by atoms with E-state index in [1.165, 1.54) is 5.56 Å². The van der Waals surface area contributed by atoms with Crippen LogP contribution in [0, 0.1) is 0 Å². The Morgan fingerprint density at radius 3 is 2.56 bits per heavy atom. The molecule has 0 aliphatic heterocycles. The maximum absolute atomic E-state index is 11.5. The van der Waals surface area contributed by atoms with Crippen molar-refractivity contribution in [3.05, 3.63) is 35.4 Å². The van der Waals surface area contributed by atoms with Crippen LogP contribution in [0.3, 0.4) is 0 Å². The Kier molecular flexibility index (Phi) is 4.99. The highest BCUT2D eigenvalue weighted by molar-refractivity contribution is 9.10. The van der Waals surface area contributed by atoms with E-state index in [2.05, 4.69) is 31.9 Å². The van der Waals surface area contributed by atoms with Crippen molar-refractivity contribution in [3.8, 4) is 0 Å². The monoisotopic (exact) mass is 348 g/mol. The van der Waals surface area contributed by atoms with Crippen LogP contribution in [0.25, 0.3) is 0 Å². The number of alkyl halides is 2. The molecule has 16 heavy (non-hydrogen) atoms. The molecule has 1 rings (SSSR count). The molecule has 0 radical (unpaired) electrons. The minimum absolute atomic E-state index is 0.253. The molecule has 0 aromatic heterocycles. The Balaban J connectivity index is 2.58. The summed E-state index contributed by atoms with van der Waals surface area (Å²) in [5, 5.41) is 0.804. The Morgan fingerprint density at radius 1 is 1.38 bits per heavy atom. The smallest absolute Gasteiger partial charge is 0.322 e. The molecule has 0 bridgehead atoms. The lowest BCUT2D eigenvalue weighted by molar-refractivity contribution is -0.146. The number of hydrogen-bond donors (Lipinski definition) is 0. The van der Waals surface area contributed by atoms with Gasteiger partial charge in [0.15, 0.2) is 0 Å². The van der Waals surface area contributed by atoms with E-state index in [9.17, 15) is 4.79 Å². The number of carbonyl (C=O) groups is 1.